The SMILES string of the molecule is CCCCCCC(C)(C)c1ccc(C2CN(Cc3ccccc3)CCC2=O)c(OCc2ccccc2)c1. The third-order valence-electron chi connectivity index (χ3n) is 7.82. The van der Waals surface area contributed by atoms with E-state index in [2.05, 4.69) is 86.3 Å². The molecule has 3 nitrogen and oxygen atoms in total. The lowest BCUT2D eigenvalue weighted by Gasteiger charge is -2.33. The van der Waals surface area contributed by atoms with Crippen LogP contribution in [0.2, 0.25) is 0 Å². The lowest BCUT2D eigenvalue weighted by atomic mass is 9.78. The number of hydrogen-bond acceptors (Lipinski definition) is 3. The second kappa shape index (κ2) is 13.1. The van der Waals surface area contributed by atoms with Gasteiger partial charge in [-0.15, -0.1) is 0 Å². The summed E-state index contributed by atoms with van der Waals surface area (Å²) in [5.41, 5.74) is 4.81. The number of hydrogen-bond donors (Lipinski definition) is 0. The maximum atomic E-state index is 13.2. The fraction of sp³-hybridized carbons (Fsp3) is 0.441. The first-order valence-corrected chi connectivity index (χ1v) is 14.1. The van der Waals surface area contributed by atoms with Gasteiger partial charge in [0.25, 0.3) is 0 Å². The van der Waals surface area contributed by atoms with E-state index in [1.807, 2.05) is 18.2 Å². The van der Waals surface area contributed by atoms with E-state index in [9.17, 15) is 4.79 Å². The average Bonchev–Trinajstić information content (AvgIpc) is 2.92. The van der Waals surface area contributed by atoms with Crippen molar-refractivity contribution in [2.45, 2.75) is 83.8 Å². The summed E-state index contributed by atoms with van der Waals surface area (Å²) < 4.78 is 6.49. The molecule has 37 heavy (non-hydrogen) atoms. The minimum absolute atomic E-state index is 0.0625. The van der Waals surface area contributed by atoms with Crippen LogP contribution in [0.15, 0.2) is 78.9 Å². The Bertz CT molecular complexity index is 1120. The van der Waals surface area contributed by atoms with Crippen LogP contribution in [0.3, 0.4) is 0 Å². The van der Waals surface area contributed by atoms with Gasteiger partial charge in [0, 0.05) is 31.6 Å². The van der Waals surface area contributed by atoms with E-state index in [4.69, 9.17) is 4.74 Å². The summed E-state index contributed by atoms with van der Waals surface area (Å²) in [6.07, 6.45) is 6.80. The summed E-state index contributed by atoms with van der Waals surface area (Å²) in [5.74, 6) is 1.02. The van der Waals surface area contributed by atoms with Crippen molar-refractivity contribution in [3.8, 4) is 5.75 Å². The van der Waals surface area contributed by atoms with Crippen molar-refractivity contribution in [2.24, 2.45) is 0 Å². The highest BCUT2D eigenvalue weighted by Gasteiger charge is 2.32. The maximum absolute atomic E-state index is 13.2. The quantitative estimate of drug-likeness (QED) is 0.237. The molecule has 0 N–H and O–H groups in total. The number of carbonyl (C=O) groups excluding carboxylic acids is 1. The van der Waals surface area contributed by atoms with Crippen LogP contribution >= 0.6 is 0 Å². The molecule has 1 heterocycles. The van der Waals surface area contributed by atoms with Crippen LogP contribution in [-0.2, 0) is 23.4 Å². The van der Waals surface area contributed by atoms with E-state index in [-0.39, 0.29) is 11.3 Å². The molecule has 1 fully saturated rings. The lowest BCUT2D eigenvalue weighted by Crippen LogP contribution is -2.39. The van der Waals surface area contributed by atoms with E-state index in [1.165, 1.54) is 36.8 Å². The standard InChI is InChI=1S/C34H43NO2/c1-4-5-6-13-21-34(2,3)29-18-19-30(33(23-29)37-26-28-16-11-8-12-17-28)31-25-35(22-20-32(31)36)24-27-14-9-7-10-15-27/h7-12,14-19,23,31H,4-6,13,20-22,24-26H2,1-3H3. The zero-order valence-corrected chi connectivity index (χ0v) is 22.9. The van der Waals surface area contributed by atoms with Crippen molar-refractivity contribution < 1.29 is 9.53 Å². The Hall–Kier alpha value is -2.91. The summed E-state index contributed by atoms with van der Waals surface area (Å²) in [7, 11) is 0. The minimum Gasteiger partial charge on any atom is -0.489 e. The third kappa shape index (κ3) is 7.55. The summed E-state index contributed by atoms with van der Waals surface area (Å²) in [5, 5.41) is 0. The molecule has 3 aromatic carbocycles. The maximum Gasteiger partial charge on any atom is 0.143 e. The van der Waals surface area contributed by atoms with Crippen LogP contribution in [0.4, 0.5) is 0 Å². The molecule has 0 aromatic heterocycles. The molecule has 0 amide bonds. The van der Waals surface area contributed by atoms with Gasteiger partial charge in [0.05, 0.1) is 5.92 Å². The second-order valence-corrected chi connectivity index (χ2v) is 11.2. The third-order valence-corrected chi connectivity index (χ3v) is 7.82. The smallest absolute Gasteiger partial charge is 0.143 e. The molecule has 1 saturated heterocycles. The Morgan fingerprint density at radius 3 is 2.30 bits per heavy atom. The molecule has 0 aliphatic carbocycles. The van der Waals surface area contributed by atoms with Gasteiger partial charge in [-0.1, -0.05) is 119 Å². The number of unbranched alkanes of at least 4 members (excludes halogenated alkanes) is 3. The number of benzene rings is 3. The molecule has 1 atom stereocenters. The van der Waals surface area contributed by atoms with E-state index in [0.717, 1.165) is 42.9 Å². The Kier molecular flexibility index (Phi) is 9.57. The molecule has 0 saturated carbocycles. The molecule has 1 aliphatic rings. The molecule has 1 unspecified atom stereocenters. The summed E-state index contributed by atoms with van der Waals surface area (Å²) in [6, 6.07) is 27.5. The van der Waals surface area contributed by atoms with Crippen molar-refractivity contribution in [1.82, 2.24) is 4.90 Å². The van der Waals surface area contributed by atoms with Gasteiger partial charge in [-0.05, 0) is 34.6 Å². The van der Waals surface area contributed by atoms with Crippen LogP contribution in [-0.4, -0.2) is 23.8 Å². The number of nitrogens with zero attached hydrogens (tertiary/aromatic N) is 1. The van der Waals surface area contributed by atoms with Gasteiger partial charge in [-0.2, -0.15) is 0 Å². The van der Waals surface area contributed by atoms with Crippen LogP contribution in [0.25, 0.3) is 0 Å². The van der Waals surface area contributed by atoms with Crippen LogP contribution in [0, 0.1) is 0 Å². The topological polar surface area (TPSA) is 29.5 Å². The van der Waals surface area contributed by atoms with Gasteiger partial charge in [0.1, 0.15) is 18.1 Å². The fourth-order valence-electron chi connectivity index (χ4n) is 5.39. The zero-order valence-electron chi connectivity index (χ0n) is 22.9. The van der Waals surface area contributed by atoms with Gasteiger partial charge in [-0.25, -0.2) is 0 Å². The van der Waals surface area contributed by atoms with E-state index >= 15 is 0 Å². The molecule has 4 rings (SSSR count). The predicted octanol–water partition coefficient (Wildman–Crippen LogP) is 8.07. The summed E-state index contributed by atoms with van der Waals surface area (Å²) >= 11 is 0. The number of rotatable bonds is 12. The lowest BCUT2D eigenvalue weighted by molar-refractivity contribution is -0.123. The highest BCUT2D eigenvalue weighted by atomic mass is 16.5. The first-order valence-electron chi connectivity index (χ1n) is 14.1. The largest absolute Gasteiger partial charge is 0.489 e. The van der Waals surface area contributed by atoms with Gasteiger partial charge >= 0.3 is 0 Å². The Morgan fingerprint density at radius 1 is 0.892 bits per heavy atom. The zero-order chi connectivity index (χ0) is 26.1. The van der Waals surface area contributed by atoms with E-state index in [0.29, 0.717) is 18.8 Å². The summed E-state index contributed by atoms with van der Waals surface area (Å²) in [4.78, 5) is 15.6. The molecular weight excluding hydrogens is 454 g/mol. The molecule has 0 radical (unpaired) electrons. The Balaban J connectivity index is 1.58. The number of carbonyl (C=O) groups is 1. The van der Waals surface area contributed by atoms with Crippen molar-refractivity contribution >= 4 is 5.78 Å². The Labute approximate surface area is 223 Å². The second-order valence-electron chi connectivity index (χ2n) is 11.2. The van der Waals surface area contributed by atoms with Crippen molar-refractivity contribution in [3.05, 3.63) is 101 Å². The molecule has 0 bridgehead atoms. The molecule has 0 spiro atoms. The van der Waals surface area contributed by atoms with Crippen LogP contribution in [0.1, 0.15) is 87.5 Å². The first kappa shape index (κ1) is 27.1. The number of ether oxygens (including phenoxy) is 1. The Morgan fingerprint density at radius 2 is 1.59 bits per heavy atom. The van der Waals surface area contributed by atoms with Gasteiger partial charge in [-0.3, -0.25) is 9.69 Å². The van der Waals surface area contributed by atoms with Gasteiger partial charge < -0.3 is 4.74 Å². The first-order chi connectivity index (χ1) is 18.0. The average molecular weight is 498 g/mol. The molecule has 1 aliphatic heterocycles. The molecule has 3 aromatic rings. The fourth-order valence-corrected chi connectivity index (χ4v) is 5.39. The van der Waals surface area contributed by atoms with Gasteiger partial charge in [0.15, 0.2) is 0 Å². The normalized spacial score (nSPS) is 16.6. The van der Waals surface area contributed by atoms with E-state index in [1.54, 1.807) is 0 Å². The predicted molar refractivity (Wildman–Crippen MR) is 153 cm³/mol. The minimum atomic E-state index is -0.162. The molecule has 3 heteroatoms. The van der Waals surface area contributed by atoms with Crippen molar-refractivity contribution in [3.63, 3.8) is 0 Å². The van der Waals surface area contributed by atoms with Crippen molar-refractivity contribution in [1.29, 1.82) is 0 Å². The van der Waals surface area contributed by atoms with Crippen LogP contribution in [0.5, 0.6) is 5.75 Å². The number of Topliss-reactive ketones (excluding diaryl/α,β-unsaturated/α-hetero) is 1. The highest BCUT2D eigenvalue weighted by Crippen LogP contribution is 2.38. The molecular formula is C34H43NO2. The highest BCUT2D eigenvalue weighted by molar-refractivity contribution is 5.87. The number of piperidine rings is 1. The van der Waals surface area contributed by atoms with Crippen molar-refractivity contribution in [2.75, 3.05) is 13.1 Å². The number of likely N-dealkylation sites (tertiary alicyclic amines) is 1. The van der Waals surface area contributed by atoms with Crippen LogP contribution < -0.4 is 4.74 Å². The monoisotopic (exact) mass is 497 g/mol. The van der Waals surface area contributed by atoms with Gasteiger partial charge in [0.2, 0.25) is 0 Å². The number of ketones is 1. The van der Waals surface area contributed by atoms with E-state index < -0.39 is 0 Å². The summed E-state index contributed by atoms with van der Waals surface area (Å²) in [6.45, 7) is 9.84. The molecule has 196 valence electrons.